The molecule has 1 aromatic carbocycles. The summed E-state index contributed by atoms with van der Waals surface area (Å²) in [5, 5.41) is 15.3. The molecule has 23 heavy (non-hydrogen) atoms. The standard InChI is InChI=1S/C15H15FN2O5/c1-8-13(9(2)23-18-8)14(19)17-7-12(15(20)21)22-11-5-3-10(16)4-6-11/h3-6,12H,7H2,1-2H3,(H,17,19)(H,20,21). The fourth-order valence-corrected chi connectivity index (χ4v) is 1.94. The first-order valence-electron chi connectivity index (χ1n) is 6.74. The summed E-state index contributed by atoms with van der Waals surface area (Å²) in [5.74, 6) is -1.70. The number of hydrogen-bond acceptors (Lipinski definition) is 5. The molecule has 1 atom stereocenters. The number of benzene rings is 1. The SMILES string of the molecule is Cc1noc(C)c1C(=O)NCC(Oc1ccc(F)cc1)C(=O)O. The van der Waals surface area contributed by atoms with Gasteiger partial charge in [-0.05, 0) is 38.1 Å². The van der Waals surface area contributed by atoms with Crippen molar-refractivity contribution in [2.75, 3.05) is 6.54 Å². The molecular formula is C15H15FN2O5. The van der Waals surface area contributed by atoms with Crippen molar-refractivity contribution >= 4 is 11.9 Å². The molecule has 0 saturated carbocycles. The Bertz CT molecular complexity index is 692. The molecule has 0 aliphatic heterocycles. The van der Waals surface area contributed by atoms with Gasteiger partial charge in [0.1, 0.15) is 22.9 Å². The van der Waals surface area contributed by atoms with E-state index in [2.05, 4.69) is 10.5 Å². The highest BCUT2D eigenvalue weighted by Crippen LogP contribution is 2.14. The first-order chi connectivity index (χ1) is 10.9. The number of carboxylic acid groups (broad SMARTS) is 1. The van der Waals surface area contributed by atoms with Crippen molar-refractivity contribution in [2.45, 2.75) is 20.0 Å². The highest BCUT2D eigenvalue weighted by Gasteiger charge is 2.23. The lowest BCUT2D eigenvalue weighted by molar-refractivity contribution is -0.144. The molecule has 0 aliphatic carbocycles. The van der Waals surface area contributed by atoms with Crippen LogP contribution in [0.25, 0.3) is 0 Å². The fraction of sp³-hybridized carbons (Fsp3) is 0.267. The maximum Gasteiger partial charge on any atom is 0.346 e. The van der Waals surface area contributed by atoms with Crippen LogP contribution < -0.4 is 10.1 Å². The quantitative estimate of drug-likeness (QED) is 0.839. The normalized spacial score (nSPS) is 11.8. The van der Waals surface area contributed by atoms with Crippen LogP contribution in [0.2, 0.25) is 0 Å². The van der Waals surface area contributed by atoms with Crippen molar-refractivity contribution in [3.8, 4) is 5.75 Å². The minimum Gasteiger partial charge on any atom is -0.478 e. The summed E-state index contributed by atoms with van der Waals surface area (Å²) in [6.07, 6.45) is -1.31. The number of carboxylic acids is 1. The topological polar surface area (TPSA) is 102 Å². The number of carbonyl (C=O) groups excluding carboxylic acids is 1. The van der Waals surface area contributed by atoms with E-state index in [9.17, 15) is 14.0 Å². The Morgan fingerprint density at radius 1 is 1.35 bits per heavy atom. The van der Waals surface area contributed by atoms with Crippen LogP contribution in [0.3, 0.4) is 0 Å². The molecule has 122 valence electrons. The van der Waals surface area contributed by atoms with Gasteiger partial charge >= 0.3 is 5.97 Å². The molecule has 0 aliphatic rings. The van der Waals surface area contributed by atoms with E-state index >= 15 is 0 Å². The first kappa shape index (κ1) is 16.5. The lowest BCUT2D eigenvalue weighted by Crippen LogP contribution is -2.40. The van der Waals surface area contributed by atoms with Crippen molar-refractivity contribution < 1.29 is 28.3 Å². The molecule has 1 aromatic heterocycles. The summed E-state index contributed by atoms with van der Waals surface area (Å²) < 4.78 is 22.9. The Hall–Kier alpha value is -2.90. The molecule has 0 bridgehead atoms. The smallest absolute Gasteiger partial charge is 0.346 e. The second-order valence-electron chi connectivity index (χ2n) is 4.81. The zero-order valence-electron chi connectivity index (χ0n) is 12.5. The molecule has 0 fully saturated rings. The van der Waals surface area contributed by atoms with Gasteiger partial charge in [0.2, 0.25) is 6.10 Å². The number of aromatic nitrogens is 1. The number of aliphatic carboxylic acids is 1. The van der Waals surface area contributed by atoms with E-state index in [-0.39, 0.29) is 17.9 Å². The summed E-state index contributed by atoms with van der Waals surface area (Å²) in [6.45, 7) is 2.92. The zero-order chi connectivity index (χ0) is 17.0. The largest absolute Gasteiger partial charge is 0.478 e. The van der Waals surface area contributed by atoms with E-state index < -0.39 is 23.8 Å². The van der Waals surface area contributed by atoms with Gasteiger partial charge in [0.05, 0.1) is 12.2 Å². The Morgan fingerprint density at radius 2 is 2.00 bits per heavy atom. The van der Waals surface area contributed by atoms with E-state index in [1.807, 2.05) is 0 Å². The summed E-state index contributed by atoms with van der Waals surface area (Å²) in [4.78, 5) is 23.3. The van der Waals surface area contributed by atoms with E-state index in [0.29, 0.717) is 11.5 Å². The molecule has 0 spiro atoms. The Kier molecular flexibility index (Phi) is 4.95. The van der Waals surface area contributed by atoms with E-state index in [1.54, 1.807) is 13.8 Å². The van der Waals surface area contributed by atoms with E-state index in [4.69, 9.17) is 14.4 Å². The van der Waals surface area contributed by atoms with Crippen molar-refractivity contribution in [1.82, 2.24) is 10.5 Å². The van der Waals surface area contributed by atoms with Gasteiger partial charge in [-0.15, -0.1) is 0 Å². The summed E-state index contributed by atoms with van der Waals surface area (Å²) >= 11 is 0. The van der Waals surface area contributed by atoms with Gasteiger partial charge in [0.25, 0.3) is 5.91 Å². The van der Waals surface area contributed by atoms with Crippen molar-refractivity contribution in [2.24, 2.45) is 0 Å². The highest BCUT2D eigenvalue weighted by molar-refractivity contribution is 5.96. The number of nitrogens with zero attached hydrogens (tertiary/aromatic N) is 1. The van der Waals surface area contributed by atoms with Crippen LogP contribution in [-0.4, -0.2) is 34.8 Å². The van der Waals surface area contributed by atoms with Gasteiger partial charge in [0.15, 0.2) is 0 Å². The van der Waals surface area contributed by atoms with Crippen LogP contribution in [0.5, 0.6) is 5.75 Å². The number of halogens is 1. The first-order valence-corrected chi connectivity index (χ1v) is 6.74. The average Bonchev–Trinajstić information content (AvgIpc) is 2.84. The molecule has 7 nitrogen and oxygen atoms in total. The fourth-order valence-electron chi connectivity index (χ4n) is 1.94. The molecule has 0 saturated heterocycles. The second kappa shape index (κ2) is 6.91. The molecule has 2 N–H and O–H groups in total. The third-order valence-corrected chi connectivity index (χ3v) is 3.08. The molecular weight excluding hydrogens is 307 g/mol. The average molecular weight is 322 g/mol. The zero-order valence-corrected chi connectivity index (χ0v) is 12.5. The van der Waals surface area contributed by atoms with Crippen LogP contribution >= 0.6 is 0 Å². The maximum atomic E-state index is 12.8. The highest BCUT2D eigenvalue weighted by atomic mass is 19.1. The van der Waals surface area contributed by atoms with Crippen LogP contribution in [0, 0.1) is 19.7 Å². The number of nitrogens with one attached hydrogen (secondary N) is 1. The maximum absolute atomic E-state index is 12.8. The molecule has 0 radical (unpaired) electrons. The van der Waals surface area contributed by atoms with Crippen LogP contribution in [0.15, 0.2) is 28.8 Å². The third-order valence-electron chi connectivity index (χ3n) is 3.08. The van der Waals surface area contributed by atoms with Gasteiger partial charge in [-0.1, -0.05) is 5.16 Å². The number of hydrogen-bond donors (Lipinski definition) is 2. The molecule has 1 amide bonds. The predicted octanol–water partition coefficient (Wildman–Crippen LogP) is 1.69. The molecule has 2 aromatic rings. The van der Waals surface area contributed by atoms with Gasteiger partial charge < -0.3 is 19.7 Å². The van der Waals surface area contributed by atoms with Crippen molar-refractivity contribution in [3.05, 3.63) is 47.1 Å². The Labute approximate surface area is 131 Å². The molecule has 8 heteroatoms. The number of ether oxygens (including phenoxy) is 1. The van der Waals surface area contributed by atoms with E-state index in [1.165, 1.54) is 12.1 Å². The van der Waals surface area contributed by atoms with Crippen molar-refractivity contribution in [3.63, 3.8) is 0 Å². The lowest BCUT2D eigenvalue weighted by atomic mass is 10.2. The molecule has 2 rings (SSSR count). The number of rotatable bonds is 6. The second-order valence-corrected chi connectivity index (χ2v) is 4.81. The Morgan fingerprint density at radius 3 is 2.52 bits per heavy atom. The minimum absolute atomic E-state index is 0.186. The minimum atomic E-state index is -1.31. The van der Waals surface area contributed by atoms with Gasteiger partial charge in [-0.3, -0.25) is 4.79 Å². The van der Waals surface area contributed by atoms with E-state index in [0.717, 1.165) is 12.1 Å². The summed E-state index contributed by atoms with van der Waals surface area (Å²) in [5.41, 5.74) is 0.669. The molecule has 1 heterocycles. The number of carbonyl (C=O) groups is 2. The number of aryl methyl sites for hydroxylation is 2. The predicted molar refractivity (Wildman–Crippen MR) is 76.8 cm³/mol. The molecule has 1 unspecified atom stereocenters. The third kappa shape index (κ3) is 4.06. The van der Waals surface area contributed by atoms with Crippen LogP contribution in [-0.2, 0) is 4.79 Å². The lowest BCUT2D eigenvalue weighted by Gasteiger charge is -2.15. The van der Waals surface area contributed by atoms with Crippen LogP contribution in [0.4, 0.5) is 4.39 Å². The Balaban J connectivity index is 2.01. The monoisotopic (exact) mass is 322 g/mol. The summed E-state index contributed by atoms with van der Waals surface area (Å²) in [7, 11) is 0. The van der Waals surface area contributed by atoms with Crippen LogP contribution in [0.1, 0.15) is 21.8 Å². The van der Waals surface area contributed by atoms with Gasteiger partial charge in [0, 0.05) is 0 Å². The number of amides is 1. The summed E-state index contributed by atoms with van der Waals surface area (Å²) in [6, 6.07) is 4.91. The van der Waals surface area contributed by atoms with Gasteiger partial charge in [-0.2, -0.15) is 0 Å². The van der Waals surface area contributed by atoms with Crippen molar-refractivity contribution in [1.29, 1.82) is 0 Å². The van der Waals surface area contributed by atoms with Gasteiger partial charge in [-0.25, -0.2) is 9.18 Å².